The van der Waals surface area contributed by atoms with E-state index < -0.39 is 97.7 Å². The largest absolute Gasteiger partial charge is 0.459 e. The van der Waals surface area contributed by atoms with Gasteiger partial charge < -0.3 is 52.7 Å². The van der Waals surface area contributed by atoms with Crippen molar-refractivity contribution in [2.75, 3.05) is 13.2 Å². The molecule has 10 atom stereocenters. The van der Waals surface area contributed by atoms with Gasteiger partial charge in [-0.1, -0.05) is 164 Å². The number of rotatable bonds is 22. The summed E-state index contributed by atoms with van der Waals surface area (Å²) in [6, 6.07) is 59.5. The van der Waals surface area contributed by atoms with Crippen LogP contribution in [0.5, 0.6) is 0 Å². The van der Waals surface area contributed by atoms with E-state index in [1.165, 1.54) is 43.3 Å². The summed E-state index contributed by atoms with van der Waals surface area (Å²) >= 11 is 0. The van der Waals surface area contributed by atoms with Crippen LogP contribution in [0.1, 0.15) is 65.0 Å². The van der Waals surface area contributed by atoms with E-state index in [4.69, 9.17) is 47.4 Å². The first-order valence-electron chi connectivity index (χ1n) is 25.8. The van der Waals surface area contributed by atoms with Crippen LogP contribution in [0.25, 0.3) is 0 Å². The molecular formula is C63H59NO15. The molecule has 0 radical (unpaired) electrons. The lowest BCUT2D eigenvalue weighted by atomic mass is 9.94. The van der Waals surface area contributed by atoms with Crippen LogP contribution in [0.3, 0.4) is 0 Å². The summed E-state index contributed by atoms with van der Waals surface area (Å²) in [5.41, 5.74) is 2.98. The normalized spacial score (nSPS) is 22.6. The fourth-order valence-corrected chi connectivity index (χ4v) is 9.11. The van der Waals surface area contributed by atoms with Gasteiger partial charge in [-0.3, -0.25) is 4.79 Å². The first-order valence-corrected chi connectivity index (χ1v) is 25.8. The molecule has 7 aromatic carbocycles. The van der Waals surface area contributed by atoms with Gasteiger partial charge in [0.2, 0.25) is 5.91 Å². The van der Waals surface area contributed by atoms with Gasteiger partial charge in [-0.05, 0) is 65.2 Å². The lowest BCUT2D eigenvalue weighted by molar-refractivity contribution is -0.351. The molecule has 7 aromatic rings. The molecular weight excluding hydrogens is 1010 g/mol. The second kappa shape index (κ2) is 27.8. The average molecular weight is 1070 g/mol. The molecule has 9 rings (SSSR count). The van der Waals surface area contributed by atoms with Crippen molar-refractivity contribution in [1.82, 2.24) is 5.32 Å². The Bertz CT molecular complexity index is 3030. The Labute approximate surface area is 457 Å². The lowest BCUT2D eigenvalue weighted by Crippen LogP contribution is -2.69. The fraction of sp³-hybridized carbons (Fsp3) is 0.254. The summed E-state index contributed by atoms with van der Waals surface area (Å²) < 4.78 is 65.7. The van der Waals surface area contributed by atoms with Crippen LogP contribution >= 0.6 is 0 Å². The number of esters is 4. The first kappa shape index (κ1) is 55.4. The van der Waals surface area contributed by atoms with Crippen molar-refractivity contribution in [2.45, 2.75) is 88.1 Å². The molecule has 2 fully saturated rings. The Morgan fingerprint density at radius 3 is 1.24 bits per heavy atom. The number of amides is 1. The number of hydrogen-bond acceptors (Lipinski definition) is 15. The molecule has 0 saturated carbocycles. The second-order valence-electron chi connectivity index (χ2n) is 18.6. The van der Waals surface area contributed by atoms with Crippen molar-refractivity contribution >= 4 is 29.8 Å². The third-order valence-electron chi connectivity index (χ3n) is 13.0. The number of ether oxygens (including phenoxy) is 10. The van der Waals surface area contributed by atoms with Crippen LogP contribution in [0, 0.1) is 0 Å². The van der Waals surface area contributed by atoms with Crippen LogP contribution in [-0.2, 0) is 72.0 Å². The third-order valence-corrected chi connectivity index (χ3v) is 13.0. The van der Waals surface area contributed by atoms with Crippen LogP contribution in [-0.4, -0.2) is 104 Å². The zero-order valence-electron chi connectivity index (χ0n) is 43.1. The van der Waals surface area contributed by atoms with Gasteiger partial charge >= 0.3 is 23.9 Å². The van der Waals surface area contributed by atoms with E-state index in [1.54, 1.807) is 84.9 Å². The Balaban J connectivity index is 1.17. The molecule has 1 amide bonds. The van der Waals surface area contributed by atoms with Gasteiger partial charge in [-0.2, -0.15) is 0 Å². The van der Waals surface area contributed by atoms with Gasteiger partial charge in [0, 0.05) is 6.92 Å². The van der Waals surface area contributed by atoms with E-state index in [2.05, 4.69) is 5.32 Å². The number of benzene rings is 7. The minimum Gasteiger partial charge on any atom is -0.459 e. The molecule has 79 heavy (non-hydrogen) atoms. The van der Waals surface area contributed by atoms with Crippen LogP contribution in [0.2, 0.25) is 0 Å². The molecule has 0 bridgehead atoms. The molecule has 16 heteroatoms. The van der Waals surface area contributed by atoms with Gasteiger partial charge in [-0.25, -0.2) is 19.2 Å². The third kappa shape index (κ3) is 15.2. The summed E-state index contributed by atoms with van der Waals surface area (Å²) in [6.07, 6.45) is -13.3. The van der Waals surface area contributed by atoms with Crippen LogP contribution in [0.4, 0.5) is 0 Å². The zero-order valence-corrected chi connectivity index (χ0v) is 43.1. The summed E-state index contributed by atoms with van der Waals surface area (Å²) in [5, 5.41) is 3.00. The van der Waals surface area contributed by atoms with Gasteiger partial charge in [0.25, 0.3) is 0 Å². The lowest BCUT2D eigenvalue weighted by Gasteiger charge is -2.49. The minimum atomic E-state index is -1.79. The van der Waals surface area contributed by atoms with E-state index in [0.717, 1.165) is 16.7 Å². The van der Waals surface area contributed by atoms with Gasteiger partial charge in [-0.15, -0.1) is 0 Å². The van der Waals surface area contributed by atoms with Crippen molar-refractivity contribution in [3.05, 3.63) is 251 Å². The Morgan fingerprint density at radius 2 is 0.772 bits per heavy atom. The fourth-order valence-electron chi connectivity index (χ4n) is 9.11. The molecule has 16 nitrogen and oxygen atoms in total. The van der Waals surface area contributed by atoms with Crippen molar-refractivity contribution in [3.8, 4) is 0 Å². The van der Waals surface area contributed by atoms with Crippen molar-refractivity contribution in [2.24, 2.45) is 0 Å². The van der Waals surface area contributed by atoms with Crippen LogP contribution < -0.4 is 5.32 Å². The summed E-state index contributed by atoms with van der Waals surface area (Å²) in [6.45, 7) is 0.787. The molecule has 2 aliphatic rings. The van der Waals surface area contributed by atoms with Gasteiger partial charge in [0.05, 0.1) is 48.7 Å². The molecule has 0 aromatic heterocycles. The molecule has 2 aliphatic heterocycles. The Morgan fingerprint density at radius 1 is 0.392 bits per heavy atom. The number of hydrogen-bond donors (Lipinski definition) is 1. The number of carbonyl (C=O) groups is 5. The van der Waals surface area contributed by atoms with E-state index in [-0.39, 0.29) is 48.7 Å². The zero-order chi connectivity index (χ0) is 54.8. The van der Waals surface area contributed by atoms with Gasteiger partial charge in [0.15, 0.2) is 30.9 Å². The number of nitrogens with one attached hydrogen (secondary N) is 1. The highest BCUT2D eigenvalue weighted by molar-refractivity contribution is 5.91. The maximum Gasteiger partial charge on any atom is 0.338 e. The highest BCUT2D eigenvalue weighted by Crippen LogP contribution is 2.36. The summed E-state index contributed by atoms with van der Waals surface area (Å²) in [4.78, 5) is 70.5. The second-order valence-corrected chi connectivity index (χ2v) is 18.6. The highest BCUT2D eigenvalue weighted by Gasteiger charge is 2.57. The predicted octanol–water partition coefficient (Wildman–Crippen LogP) is 8.88. The maximum absolute atomic E-state index is 14.5. The van der Waals surface area contributed by atoms with Gasteiger partial charge in [0.1, 0.15) is 37.1 Å². The minimum absolute atomic E-state index is 0.00468. The topological polar surface area (TPSA) is 190 Å². The van der Waals surface area contributed by atoms with Crippen molar-refractivity contribution < 1.29 is 71.3 Å². The van der Waals surface area contributed by atoms with E-state index >= 15 is 0 Å². The monoisotopic (exact) mass is 1070 g/mol. The molecule has 2 heterocycles. The smallest absolute Gasteiger partial charge is 0.338 e. The predicted molar refractivity (Wildman–Crippen MR) is 286 cm³/mol. The Kier molecular flexibility index (Phi) is 19.5. The molecule has 2 saturated heterocycles. The number of carbonyl (C=O) groups excluding carboxylic acids is 5. The average Bonchev–Trinajstić information content (AvgIpc) is 3.58. The summed E-state index contributed by atoms with van der Waals surface area (Å²) in [5.74, 6) is -3.86. The molecule has 406 valence electrons. The van der Waals surface area contributed by atoms with Crippen molar-refractivity contribution in [1.29, 1.82) is 0 Å². The summed E-state index contributed by atoms with van der Waals surface area (Å²) in [7, 11) is 0. The first-order chi connectivity index (χ1) is 38.7. The van der Waals surface area contributed by atoms with Crippen molar-refractivity contribution in [3.63, 3.8) is 0 Å². The molecule has 0 spiro atoms. The maximum atomic E-state index is 14.5. The molecule has 0 aliphatic carbocycles. The quantitative estimate of drug-likeness (QED) is 0.0500. The van der Waals surface area contributed by atoms with E-state index in [9.17, 15) is 24.0 Å². The standard InChI is InChI=1S/C63H59NO15/c1-42(65)64-52-55(71-38-44-25-11-3-12-26-44)53(50(40-70-37-43-23-9-2-10-24-43)74-62(52)73-39-45-27-13-4-14-28-45)79-63-57(78-61(69)49-35-21-8-22-36-49)56(77-60(68)48-33-19-7-20-34-48)54(76-59(67)47-31-17-6-18-32-47)51(75-63)41-72-58(66)46-29-15-5-16-30-46/h2-36,50-57,62-63H,37-41H2,1H3,(H,64,65)/t50-,51-,52-,53-,54-,55-,56+,57-,62+,63-/m1/s1. The molecule has 1 N–H and O–H groups in total. The van der Waals surface area contributed by atoms with E-state index in [0.29, 0.717) is 0 Å². The van der Waals surface area contributed by atoms with E-state index in [1.807, 2.05) is 91.0 Å². The highest BCUT2D eigenvalue weighted by atomic mass is 16.8. The SMILES string of the molecule is CC(=O)N[C@H]1[C@@H](OCc2ccccc2)O[C@H](COCc2ccccc2)[C@@H](O[C@H]2O[C@H](COC(=O)c3ccccc3)[C@@H](OC(=O)c3ccccc3)[C@H](OC(=O)c3ccccc3)[C@H]2OC(=O)c2ccccc2)[C@@H]1OCc1ccccc1. The molecule has 0 unspecified atom stereocenters. The Hall–Kier alpha value is -8.35. The van der Waals surface area contributed by atoms with Crippen LogP contribution in [0.15, 0.2) is 212 Å².